The van der Waals surface area contributed by atoms with Gasteiger partial charge in [-0.25, -0.2) is 13.2 Å². The third-order valence-electron chi connectivity index (χ3n) is 4.67. The number of rotatable bonds is 6. The molecule has 1 heterocycles. The molecule has 2 aromatic rings. The smallest absolute Gasteiger partial charge is 0.335 e. The zero-order chi connectivity index (χ0) is 18.0. The van der Waals surface area contributed by atoms with Crippen molar-refractivity contribution in [1.29, 1.82) is 0 Å². The number of hydrogen-bond acceptors (Lipinski definition) is 4. The zero-order valence-electron chi connectivity index (χ0n) is 14.0. The van der Waals surface area contributed by atoms with Gasteiger partial charge in [-0.15, -0.1) is 0 Å². The fourth-order valence-corrected chi connectivity index (χ4v) is 4.96. The molecule has 134 valence electrons. The van der Waals surface area contributed by atoms with Gasteiger partial charge in [0.05, 0.1) is 23.3 Å². The molecule has 1 fully saturated rings. The first kappa shape index (κ1) is 17.7. The van der Waals surface area contributed by atoms with E-state index in [-0.39, 0.29) is 23.0 Å². The fourth-order valence-electron chi connectivity index (χ4n) is 3.29. The van der Waals surface area contributed by atoms with E-state index in [2.05, 4.69) is 0 Å². The molecule has 7 heteroatoms. The van der Waals surface area contributed by atoms with Crippen LogP contribution in [0.5, 0.6) is 0 Å². The van der Waals surface area contributed by atoms with E-state index in [4.69, 9.17) is 4.42 Å². The van der Waals surface area contributed by atoms with Crippen molar-refractivity contribution in [2.24, 2.45) is 0 Å². The molecule has 0 bridgehead atoms. The Morgan fingerprint density at radius 1 is 1.28 bits per heavy atom. The number of aromatic carboxylic acids is 1. The number of hydrogen-bond donors (Lipinski definition) is 1. The van der Waals surface area contributed by atoms with Crippen LogP contribution in [0.3, 0.4) is 0 Å². The van der Waals surface area contributed by atoms with Crippen LogP contribution in [0.15, 0.2) is 45.9 Å². The third-order valence-corrected chi connectivity index (χ3v) is 6.56. The topological polar surface area (TPSA) is 87.8 Å². The molecule has 0 amide bonds. The zero-order valence-corrected chi connectivity index (χ0v) is 14.8. The minimum Gasteiger partial charge on any atom is -0.478 e. The van der Waals surface area contributed by atoms with E-state index in [9.17, 15) is 18.3 Å². The molecule has 1 aromatic heterocycles. The molecule has 6 nitrogen and oxygen atoms in total. The molecule has 0 atom stereocenters. The summed E-state index contributed by atoms with van der Waals surface area (Å²) in [7, 11) is -3.82. The van der Waals surface area contributed by atoms with Crippen molar-refractivity contribution in [3.05, 3.63) is 53.5 Å². The number of carbonyl (C=O) groups is 1. The standard InChI is InChI=1S/C18H21NO5S/c1-13-8-9-16(11-17(13)18(20)21)25(22,23)19(14-5-2-3-6-14)12-15-7-4-10-24-15/h4,7-11,14H,2-3,5-6,12H2,1H3,(H,20,21). The van der Waals surface area contributed by atoms with Crippen LogP contribution < -0.4 is 0 Å². The Bertz CT molecular complexity index is 852. The van der Waals surface area contributed by atoms with Crippen LogP contribution in [-0.4, -0.2) is 29.8 Å². The van der Waals surface area contributed by atoms with E-state index in [0.29, 0.717) is 11.3 Å². The van der Waals surface area contributed by atoms with E-state index < -0.39 is 16.0 Å². The van der Waals surface area contributed by atoms with Gasteiger partial charge in [0.2, 0.25) is 10.0 Å². The lowest BCUT2D eigenvalue weighted by Crippen LogP contribution is -2.38. The van der Waals surface area contributed by atoms with Gasteiger partial charge in [-0.1, -0.05) is 18.9 Å². The van der Waals surface area contributed by atoms with Crippen molar-refractivity contribution >= 4 is 16.0 Å². The number of aryl methyl sites for hydroxylation is 1. The summed E-state index contributed by atoms with van der Waals surface area (Å²) >= 11 is 0. The molecular formula is C18H21NO5S. The Balaban J connectivity index is 2.01. The van der Waals surface area contributed by atoms with Crippen LogP contribution in [0.2, 0.25) is 0 Å². The number of nitrogens with zero attached hydrogens (tertiary/aromatic N) is 1. The molecule has 0 radical (unpaired) electrons. The van der Waals surface area contributed by atoms with Crippen LogP contribution >= 0.6 is 0 Å². The summed E-state index contributed by atoms with van der Waals surface area (Å²) < 4.78 is 33.2. The minimum absolute atomic E-state index is 0.00504. The van der Waals surface area contributed by atoms with Crippen LogP contribution in [0.25, 0.3) is 0 Å². The molecule has 1 aliphatic rings. The summed E-state index contributed by atoms with van der Waals surface area (Å²) in [4.78, 5) is 11.4. The normalized spacial score (nSPS) is 15.8. The van der Waals surface area contributed by atoms with E-state index in [0.717, 1.165) is 25.7 Å². The highest BCUT2D eigenvalue weighted by Gasteiger charge is 2.34. The second-order valence-corrected chi connectivity index (χ2v) is 8.24. The van der Waals surface area contributed by atoms with Crippen molar-refractivity contribution in [3.8, 4) is 0 Å². The van der Waals surface area contributed by atoms with Crippen LogP contribution in [-0.2, 0) is 16.6 Å². The van der Waals surface area contributed by atoms with Gasteiger partial charge < -0.3 is 9.52 Å². The molecule has 0 unspecified atom stereocenters. The molecule has 1 saturated carbocycles. The maximum absolute atomic E-state index is 13.2. The lowest BCUT2D eigenvalue weighted by Gasteiger charge is -2.27. The van der Waals surface area contributed by atoms with Crippen molar-refractivity contribution in [2.75, 3.05) is 0 Å². The van der Waals surface area contributed by atoms with Crippen LogP contribution in [0, 0.1) is 6.92 Å². The number of carboxylic acid groups (broad SMARTS) is 1. The number of sulfonamides is 1. The second kappa shape index (κ2) is 7.01. The van der Waals surface area contributed by atoms with Gasteiger partial charge in [0.15, 0.2) is 0 Å². The van der Waals surface area contributed by atoms with Gasteiger partial charge in [0, 0.05) is 6.04 Å². The Labute approximate surface area is 147 Å². The minimum atomic E-state index is -3.82. The van der Waals surface area contributed by atoms with Crippen molar-refractivity contribution in [3.63, 3.8) is 0 Å². The van der Waals surface area contributed by atoms with E-state index >= 15 is 0 Å². The summed E-state index contributed by atoms with van der Waals surface area (Å²) in [6.45, 7) is 1.80. The van der Waals surface area contributed by atoms with Gasteiger partial charge >= 0.3 is 5.97 Å². The van der Waals surface area contributed by atoms with Crippen molar-refractivity contribution in [1.82, 2.24) is 4.31 Å². The monoisotopic (exact) mass is 363 g/mol. The predicted octanol–water partition coefficient (Wildman–Crippen LogP) is 3.42. The van der Waals surface area contributed by atoms with Crippen molar-refractivity contribution in [2.45, 2.75) is 50.1 Å². The van der Waals surface area contributed by atoms with Crippen LogP contribution in [0.1, 0.15) is 47.4 Å². The van der Waals surface area contributed by atoms with E-state index in [1.54, 1.807) is 19.1 Å². The quantitative estimate of drug-likeness (QED) is 0.849. The van der Waals surface area contributed by atoms with E-state index in [1.165, 1.54) is 28.8 Å². The Hall–Kier alpha value is -2.12. The number of furan rings is 1. The maximum Gasteiger partial charge on any atom is 0.335 e. The number of benzene rings is 1. The summed E-state index contributed by atoms with van der Waals surface area (Å²) in [5.74, 6) is -0.561. The van der Waals surface area contributed by atoms with Gasteiger partial charge in [0.1, 0.15) is 5.76 Å². The van der Waals surface area contributed by atoms with Gasteiger partial charge in [-0.05, 0) is 49.6 Å². The highest BCUT2D eigenvalue weighted by atomic mass is 32.2. The molecule has 3 rings (SSSR count). The Kier molecular flexibility index (Phi) is 4.96. The maximum atomic E-state index is 13.2. The molecular weight excluding hydrogens is 342 g/mol. The first-order valence-electron chi connectivity index (χ1n) is 8.28. The second-order valence-electron chi connectivity index (χ2n) is 6.35. The summed E-state index contributed by atoms with van der Waals surface area (Å²) in [5, 5.41) is 9.29. The summed E-state index contributed by atoms with van der Waals surface area (Å²) in [6, 6.07) is 7.64. The third kappa shape index (κ3) is 3.62. The molecule has 1 aromatic carbocycles. The average molecular weight is 363 g/mol. The average Bonchev–Trinajstić information content (AvgIpc) is 3.26. The number of carboxylic acids is 1. The van der Waals surface area contributed by atoms with Gasteiger partial charge in [-0.3, -0.25) is 0 Å². The first-order chi connectivity index (χ1) is 11.9. The molecule has 1 aliphatic carbocycles. The van der Waals surface area contributed by atoms with Crippen molar-refractivity contribution < 1.29 is 22.7 Å². The Morgan fingerprint density at radius 3 is 2.60 bits per heavy atom. The molecule has 0 spiro atoms. The predicted molar refractivity (Wildman–Crippen MR) is 91.8 cm³/mol. The lowest BCUT2D eigenvalue weighted by atomic mass is 10.1. The highest BCUT2D eigenvalue weighted by molar-refractivity contribution is 7.89. The molecule has 1 N–H and O–H groups in total. The summed E-state index contributed by atoms with van der Waals surface area (Å²) in [6.07, 6.45) is 5.10. The van der Waals surface area contributed by atoms with Gasteiger partial charge in [0.25, 0.3) is 0 Å². The van der Waals surface area contributed by atoms with Gasteiger partial charge in [-0.2, -0.15) is 4.31 Å². The lowest BCUT2D eigenvalue weighted by molar-refractivity contribution is 0.0696. The largest absolute Gasteiger partial charge is 0.478 e. The fraction of sp³-hybridized carbons (Fsp3) is 0.389. The van der Waals surface area contributed by atoms with E-state index in [1.807, 2.05) is 0 Å². The molecule has 0 aliphatic heterocycles. The molecule has 25 heavy (non-hydrogen) atoms. The first-order valence-corrected chi connectivity index (χ1v) is 9.72. The summed E-state index contributed by atoms with van der Waals surface area (Å²) in [5.41, 5.74) is 0.537. The highest BCUT2D eigenvalue weighted by Crippen LogP contribution is 2.31. The van der Waals surface area contributed by atoms with Crippen LogP contribution in [0.4, 0.5) is 0 Å². The molecule has 0 saturated heterocycles. The SMILES string of the molecule is Cc1ccc(S(=O)(=O)N(Cc2ccco2)C2CCCC2)cc1C(=O)O. The Morgan fingerprint density at radius 2 is 2.00 bits per heavy atom.